The molecule has 2 aromatic rings. The highest BCUT2D eigenvalue weighted by atomic mass is 79.9. The lowest BCUT2D eigenvalue weighted by molar-refractivity contribution is 0.634. The highest BCUT2D eigenvalue weighted by Crippen LogP contribution is 2.21. The Balaban J connectivity index is 1.97. The van der Waals surface area contributed by atoms with Crippen LogP contribution in [0.15, 0.2) is 59.1 Å². The maximum Gasteiger partial charge on any atom is 0.0175 e. The second kappa shape index (κ2) is 6.72. The molecule has 0 aromatic heterocycles. The van der Waals surface area contributed by atoms with E-state index < -0.39 is 0 Å². The molecule has 0 saturated carbocycles. The number of hydrogen-bond acceptors (Lipinski definition) is 1. The molecule has 1 atom stereocenters. The summed E-state index contributed by atoms with van der Waals surface area (Å²) in [4.78, 5) is 0. The van der Waals surface area contributed by atoms with E-state index in [0.29, 0.717) is 12.5 Å². The van der Waals surface area contributed by atoms with E-state index in [9.17, 15) is 0 Å². The fraction of sp³-hybridized carbons (Fsp3) is 0.250. The number of aryl methyl sites for hydroxylation is 1. The minimum Gasteiger partial charge on any atom is -0.330 e. The van der Waals surface area contributed by atoms with Gasteiger partial charge in [-0.15, -0.1) is 0 Å². The standard InChI is InChI=1S/C16H18BrN/c17-16-10-7-13(8-11-16)6-9-15(12-18)14-4-2-1-3-5-14/h1-5,7-8,10-11,15H,6,9,12,18H2. The largest absolute Gasteiger partial charge is 0.330 e. The van der Waals surface area contributed by atoms with Gasteiger partial charge in [0.15, 0.2) is 0 Å². The molecule has 2 N–H and O–H groups in total. The Kier molecular flexibility index (Phi) is 4.97. The summed E-state index contributed by atoms with van der Waals surface area (Å²) >= 11 is 3.46. The quantitative estimate of drug-likeness (QED) is 0.883. The molecule has 0 saturated heterocycles. The molecule has 94 valence electrons. The van der Waals surface area contributed by atoms with E-state index in [1.807, 2.05) is 6.07 Å². The lowest BCUT2D eigenvalue weighted by Gasteiger charge is -2.15. The van der Waals surface area contributed by atoms with Crippen molar-refractivity contribution in [1.29, 1.82) is 0 Å². The van der Waals surface area contributed by atoms with Gasteiger partial charge in [-0.1, -0.05) is 58.4 Å². The van der Waals surface area contributed by atoms with Gasteiger partial charge >= 0.3 is 0 Å². The molecule has 0 bridgehead atoms. The summed E-state index contributed by atoms with van der Waals surface area (Å²) in [5.41, 5.74) is 8.60. The molecule has 0 aliphatic rings. The SMILES string of the molecule is NCC(CCc1ccc(Br)cc1)c1ccccc1. The van der Waals surface area contributed by atoms with E-state index >= 15 is 0 Å². The third-order valence-corrected chi connectivity index (χ3v) is 3.78. The van der Waals surface area contributed by atoms with Gasteiger partial charge in [0.1, 0.15) is 0 Å². The molecule has 2 heteroatoms. The van der Waals surface area contributed by atoms with Crippen molar-refractivity contribution in [3.8, 4) is 0 Å². The topological polar surface area (TPSA) is 26.0 Å². The zero-order valence-corrected chi connectivity index (χ0v) is 11.9. The normalized spacial score (nSPS) is 12.3. The van der Waals surface area contributed by atoms with Crippen LogP contribution < -0.4 is 5.73 Å². The molecule has 18 heavy (non-hydrogen) atoms. The second-order valence-electron chi connectivity index (χ2n) is 4.51. The monoisotopic (exact) mass is 303 g/mol. The summed E-state index contributed by atoms with van der Waals surface area (Å²) in [5.74, 6) is 0.454. The van der Waals surface area contributed by atoms with Crippen LogP contribution in [0.5, 0.6) is 0 Å². The summed E-state index contributed by atoms with van der Waals surface area (Å²) in [6.45, 7) is 0.709. The van der Waals surface area contributed by atoms with Crippen LogP contribution in [-0.2, 0) is 6.42 Å². The summed E-state index contributed by atoms with van der Waals surface area (Å²) in [6.07, 6.45) is 2.17. The number of nitrogens with two attached hydrogens (primary N) is 1. The van der Waals surface area contributed by atoms with Crippen LogP contribution >= 0.6 is 15.9 Å². The third-order valence-electron chi connectivity index (χ3n) is 3.25. The van der Waals surface area contributed by atoms with Crippen LogP contribution in [0.2, 0.25) is 0 Å². The summed E-state index contributed by atoms with van der Waals surface area (Å²) < 4.78 is 1.13. The van der Waals surface area contributed by atoms with Gasteiger partial charge < -0.3 is 5.73 Å². The average molecular weight is 304 g/mol. The molecular weight excluding hydrogens is 286 g/mol. The molecule has 0 aliphatic carbocycles. The van der Waals surface area contributed by atoms with Crippen LogP contribution in [-0.4, -0.2) is 6.54 Å². The number of hydrogen-bond donors (Lipinski definition) is 1. The molecule has 0 heterocycles. The zero-order chi connectivity index (χ0) is 12.8. The van der Waals surface area contributed by atoms with E-state index in [0.717, 1.165) is 17.3 Å². The van der Waals surface area contributed by atoms with Gasteiger partial charge in [-0.2, -0.15) is 0 Å². The van der Waals surface area contributed by atoms with Gasteiger partial charge in [0.25, 0.3) is 0 Å². The first-order chi connectivity index (χ1) is 8.79. The van der Waals surface area contributed by atoms with Crippen molar-refractivity contribution in [2.45, 2.75) is 18.8 Å². The molecule has 0 aliphatic heterocycles. The van der Waals surface area contributed by atoms with E-state index in [4.69, 9.17) is 5.73 Å². The average Bonchev–Trinajstić information content (AvgIpc) is 2.43. The highest BCUT2D eigenvalue weighted by Gasteiger charge is 2.09. The molecule has 1 nitrogen and oxygen atoms in total. The maximum atomic E-state index is 5.89. The van der Waals surface area contributed by atoms with Crippen LogP contribution in [0.4, 0.5) is 0 Å². The Hall–Kier alpha value is -1.12. The van der Waals surface area contributed by atoms with Gasteiger partial charge in [-0.3, -0.25) is 0 Å². The van der Waals surface area contributed by atoms with Crippen LogP contribution in [0.25, 0.3) is 0 Å². The first kappa shape index (κ1) is 13.3. The molecule has 2 rings (SSSR count). The predicted molar refractivity (Wildman–Crippen MR) is 80.7 cm³/mol. The number of halogens is 1. The fourth-order valence-electron chi connectivity index (χ4n) is 2.14. The summed E-state index contributed by atoms with van der Waals surface area (Å²) in [6, 6.07) is 19.1. The minimum atomic E-state index is 0.454. The molecule has 0 amide bonds. The molecule has 0 spiro atoms. The molecule has 1 unspecified atom stereocenters. The van der Waals surface area contributed by atoms with Gasteiger partial charge in [-0.05, 0) is 48.6 Å². The van der Waals surface area contributed by atoms with Crippen LogP contribution in [0, 0.1) is 0 Å². The molecule has 0 radical (unpaired) electrons. The van der Waals surface area contributed by atoms with E-state index in [1.54, 1.807) is 0 Å². The Morgan fingerprint density at radius 2 is 1.61 bits per heavy atom. The number of benzene rings is 2. The van der Waals surface area contributed by atoms with Gasteiger partial charge in [0.05, 0.1) is 0 Å². The van der Waals surface area contributed by atoms with Crippen molar-refractivity contribution in [2.24, 2.45) is 5.73 Å². The van der Waals surface area contributed by atoms with Crippen molar-refractivity contribution in [1.82, 2.24) is 0 Å². The van der Waals surface area contributed by atoms with Crippen molar-refractivity contribution < 1.29 is 0 Å². The third kappa shape index (κ3) is 3.69. The minimum absolute atomic E-state index is 0.454. The Labute approximate surface area is 117 Å². The Morgan fingerprint density at radius 3 is 2.22 bits per heavy atom. The fourth-order valence-corrected chi connectivity index (χ4v) is 2.40. The van der Waals surface area contributed by atoms with Crippen molar-refractivity contribution >= 4 is 15.9 Å². The van der Waals surface area contributed by atoms with E-state index in [-0.39, 0.29) is 0 Å². The first-order valence-electron chi connectivity index (χ1n) is 6.29. The maximum absolute atomic E-state index is 5.89. The van der Waals surface area contributed by atoms with Gasteiger partial charge in [0.2, 0.25) is 0 Å². The number of rotatable bonds is 5. The van der Waals surface area contributed by atoms with Crippen LogP contribution in [0.3, 0.4) is 0 Å². The van der Waals surface area contributed by atoms with Crippen LogP contribution in [0.1, 0.15) is 23.5 Å². The molecular formula is C16H18BrN. The van der Waals surface area contributed by atoms with Gasteiger partial charge in [0, 0.05) is 4.47 Å². The molecule has 0 fully saturated rings. The van der Waals surface area contributed by atoms with Crippen molar-refractivity contribution in [2.75, 3.05) is 6.54 Å². The Bertz CT molecular complexity index is 464. The van der Waals surface area contributed by atoms with Gasteiger partial charge in [-0.25, -0.2) is 0 Å². The highest BCUT2D eigenvalue weighted by molar-refractivity contribution is 9.10. The summed E-state index contributed by atoms with van der Waals surface area (Å²) in [5, 5.41) is 0. The predicted octanol–water partition coefficient (Wildman–Crippen LogP) is 4.12. The molecule has 2 aromatic carbocycles. The van der Waals surface area contributed by atoms with E-state index in [2.05, 4.69) is 64.5 Å². The second-order valence-corrected chi connectivity index (χ2v) is 5.42. The summed E-state index contributed by atoms with van der Waals surface area (Å²) in [7, 11) is 0. The van der Waals surface area contributed by atoms with E-state index in [1.165, 1.54) is 11.1 Å². The lowest BCUT2D eigenvalue weighted by atomic mass is 9.92. The Morgan fingerprint density at radius 1 is 0.944 bits per heavy atom. The first-order valence-corrected chi connectivity index (χ1v) is 7.08. The van der Waals surface area contributed by atoms with Crippen molar-refractivity contribution in [3.05, 3.63) is 70.2 Å². The lowest BCUT2D eigenvalue weighted by Crippen LogP contribution is -2.13. The smallest absolute Gasteiger partial charge is 0.0175 e. The van der Waals surface area contributed by atoms with Crippen molar-refractivity contribution in [3.63, 3.8) is 0 Å². The zero-order valence-electron chi connectivity index (χ0n) is 10.4.